The van der Waals surface area contributed by atoms with Gasteiger partial charge < -0.3 is 9.30 Å². The Labute approximate surface area is 174 Å². The Morgan fingerprint density at radius 3 is 2.37 bits per heavy atom. The van der Waals surface area contributed by atoms with Crippen LogP contribution in [-0.2, 0) is 16.4 Å². The van der Waals surface area contributed by atoms with Gasteiger partial charge in [-0.25, -0.2) is 4.79 Å². The van der Waals surface area contributed by atoms with Crippen LogP contribution in [0.15, 0.2) is 91.1 Å². The first-order valence-corrected chi connectivity index (χ1v) is 9.41. The average Bonchev–Trinajstić information content (AvgIpc) is 3.26. The summed E-state index contributed by atoms with van der Waals surface area (Å²) in [6.45, 7) is 0.170. The van der Waals surface area contributed by atoms with E-state index in [1.807, 2.05) is 78.9 Å². The minimum Gasteiger partial charge on any atom is -0.497 e. The number of hydrogen-bond donors (Lipinski definition) is 0. The van der Waals surface area contributed by atoms with Gasteiger partial charge in [0.05, 0.1) is 18.5 Å². The van der Waals surface area contributed by atoms with Crippen LogP contribution in [0, 0.1) is 0 Å². The summed E-state index contributed by atoms with van der Waals surface area (Å²) < 4.78 is 7.03. The van der Waals surface area contributed by atoms with E-state index in [0.717, 1.165) is 28.4 Å². The highest BCUT2D eigenvalue weighted by atomic mass is 17.2. The van der Waals surface area contributed by atoms with Gasteiger partial charge in [0, 0.05) is 11.9 Å². The number of hydrogen-bond acceptors (Lipinski definition) is 5. The van der Waals surface area contributed by atoms with E-state index < -0.39 is 5.97 Å². The van der Waals surface area contributed by atoms with Crippen molar-refractivity contribution in [2.24, 2.45) is 0 Å². The van der Waals surface area contributed by atoms with Crippen molar-refractivity contribution in [3.63, 3.8) is 0 Å². The fraction of sp³-hybridized carbons (Fsp3) is 0.0833. The van der Waals surface area contributed by atoms with E-state index in [1.165, 1.54) is 0 Å². The standard InChI is InChI=1S/C24H20N2O4/c1-28-20-12-10-19(11-13-20)26-22(21-9-5-6-16-25-21)14-15-23(26)24(27)30-29-17-18-7-3-2-4-8-18/h2-16H,17H2,1H3. The highest BCUT2D eigenvalue weighted by molar-refractivity contribution is 5.90. The molecule has 2 heterocycles. The average molecular weight is 400 g/mol. The second-order valence-corrected chi connectivity index (χ2v) is 6.47. The first-order chi connectivity index (χ1) is 14.8. The number of aromatic nitrogens is 2. The predicted octanol–water partition coefficient (Wildman–Crippen LogP) is 4.84. The maximum Gasteiger partial charge on any atom is 0.389 e. The second-order valence-electron chi connectivity index (χ2n) is 6.47. The number of carbonyl (C=O) groups excluding carboxylic acids is 1. The van der Waals surface area contributed by atoms with Crippen molar-refractivity contribution in [2.75, 3.05) is 7.11 Å². The lowest BCUT2D eigenvalue weighted by Gasteiger charge is -2.13. The van der Waals surface area contributed by atoms with Crippen LogP contribution in [0.5, 0.6) is 5.75 Å². The van der Waals surface area contributed by atoms with Gasteiger partial charge in [-0.05, 0) is 54.1 Å². The molecule has 0 spiro atoms. The molecule has 4 rings (SSSR count). The third-order valence-corrected chi connectivity index (χ3v) is 4.55. The molecule has 6 nitrogen and oxygen atoms in total. The SMILES string of the molecule is COc1ccc(-n2c(C(=O)OOCc3ccccc3)ccc2-c2ccccn2)cc1. The number of pyridine rings is 1. The minimum atomic E-state index is -0.594. The number of rotatable bonds is 7. The highest BCUT2D eigenvalue weighted by Crippen LogP contribution is 2.27. The first kappa shape index (κ1) is 19.4. The normalized spacial score (nSPS) is 10.6. The molecule has 0 amide bonds. The van der Waals surface area contributed by atoms with Crippen LogP contribution in [0.3, 0.4) is 0 Å². The Morgan fingerprint density at radius 1 is 0.900 bits per heavy atom. The number of ether oxygens (including phenoxy) is 1. The van der Waals surface area contributed by atoms with E-state index in [-0.39, 0.29) is 6.61 Å². The van der Waals surface area contributed by atoms with Gasteiger partial charge in [-0.2, -0.15) is 4.89 Å². The largest absolute Gasteiger partial charge is 0.497 e. The van der Waals surface area contributed by atoms with Crippen LogP contribution in [0.4, 0.5) is 0 Å². The van der Waals surface area contributed by atoms with E-state index >= 15 is 0 Å². The zero-order valence-electron chi connectivity index (χ0n) is 16.4. The molecule has 0 N–H and O–H groups in total. The first-order valence-electron chi connectivity index (χ1n) is 9.41. The number of carbonyl (C=O) groups is 1. The molecular formula is C24H20N2O4. The summed E-state index contributed by atoms with van der Waals surface area (Å²) in [4.78, 5) is 27.5. The molecule has 30 heavy (non-hydrogen) atoms. The molecular weight excluding hydrogens is 380 g/mol. The van der Waals surface area contributed by atoms with Crippen LogP contribution in [0.2, 0.25) is 0 Å². The summed E-state index contributed by atoms with van der Waals surface area (Å²) in [6.07, 6.45) is 1.71. The predicted molar refractivity (Wildman–Crippen MR) is 112 cm³/mol. The fourth-order valence-electron chi connectivity index (χ4n) is 3.09. The second kappa shape index (κ2) is 9.07. The van der Waals surface area contributed by atoms with Gasteiger partial charge in [0.15, 0.2) is 0 Å². The molecule has 0 saturated heterocycles. The molecule has 0 aliphatic rings. The molecule has 6 heteroatoms. The van der Waals surface area contributed by atoms with Gasteiger partial charge in [-0.15, -0.1) is 0 Å². The Kier molecular flexibility index (Phi) is 5.87. The van der Waals surface area contributed by atoms with E-state index in [9.17, 15) is 4.79 Å². The summed E-state index contributed by atoms with van der Waals surface area (Å²) in [5.74, 6) is 0.129. The van der Waals surface area contributed by atoms with E-state index in [4.69, 9.17) is 14.5 Å². The molecule has 150 valence electrons. The molecule has 0 atom stereocenters. The molecule has 4 aromatic rings. The Hall–Kier alpha value is -3.90. The van der Waals surface area contributed by atoms with Gasteiger partial charge in [0.2, 0.25) is 0 Å². The number of nitrogens with zero attached hydrogens (tertiary/aromatic N) is 2. The van der Waals surface area contributed by atoms with E-state index in [1.54, 1.807) is 23.9 Å². The van der Waals surface area contributed by atoms with Crippen molar-refractivity contribution < 1.29 is 19.3 Å². The van der Waals surface area contributed by atoms with Gasteiger partial charge in [0.25, 0.3) is 0 Å². The van der Waals surface area contributed by atoms with Crippen LogP contribution >= 0.6 is 0 Å². The molecule has 0 fully saturated rings. The smallest absolute Gasteiger partial charge is 0.389 e. The topological polar surface area (TPSA) is 62.6 Å². The minimum absolute atomic E-state index is 0.170. The van der Waals surface area contributed by atoms with Gasteiger partial charge in [-0.1, -0.05) is 36.4 Å². The zero-order chi connectivity index (χ0) is 20.8. The quantitative estimate of drug-likeness (QED) is 0.328. The van der Waals surface area contributed by atoms with Gasteiger partial charge >= 0.3 is 5.97 Å². The molecule has 2 aromatic heterocycles. The summed E-state index contributed by atoms with van der Waals surface area (Å²) in [5, 5.41) is 0. The van der Waals surface area contributed by atoms with Gasteiger partial charge in [0.1, 0.15) is 18.1 Å². The lowest BCUT2D eigenvalue weighted by molar-refractivity contribution is -0.251. The van der Waals surface area contributed by atoms with Crippen LogP contribution in [-0.4, -0.2) is 22.6 Å². The van der Waals surface area contributed by atoms with E-state index in [0.29, 0.717) is 5.69 Å². The lowest BCUT2D eigenvalue weighted by atomic mass is 10.2. The Bertz CT molecular complexity index is 1110. The Balaban J connectivity index is 1.63. The molecule has 0 radical (unpaired) electrons. The molecule has 0 aliphatic heterocycles. The molecule has 2 aromatic carbocycles. The van der Waals surface area contributed by atoms with Crippen LogP contribution < -0.4 is 4.74 Å². The van der Waals surface area contributed by atoms with Crippen molar-refractivity contribution in [3.05, 3.63) is 102 Å². The highest BCUT2D eigenvalue weighted by Gasteiger charge is 2.20. The number of benzene rings is 2. The van der Waals surface area contributed by atoms with Crippen molar-refractivity contribution in [3.8, 4) is 22.8 Å². The van der Waals surface area contributed by atoms with Crippen molar-refractivity contribution in [2.45, 2.75) is 6.61 Å². The summed E-state index contributed by atoms with van der Waals surface area (Å²) in [7, 11) is 1.61. The summed E-state index contributed by atoms with van der Waals surface area (Å²) >= 11 is 0. The third-order valence-electron chi connectivity index (χ3n) is 4.55. The van der Waals surface area contributed by atoms with Crippen molar-refractivity contribution in [1.82, 2.24) is 9.55 Å². The fourth-order valence-corrected chi connectivity index (χ4v) is 3.09. The summed E-state index contributed by atoms with van der Waals surface area (Å²) in [5.41, 5.74) is 3.50. The number of methoxy groups -OCH3 is 1. The van der Waals surface area contributed by atoms with Crippen molar-refractivity contribution in [1.29, 1.82) is 0 Å². The van der Waals surface area contributed by atoms with Crippen molar-refractivity contribution >= 4 is 5.97 Å². The summed E-state index contributed by atoms with van der Waals surface area (Å²) in [6, 6.07) is 26.1. The maximum absolute atomic E-state index is 12.8. The van der Waals surface area contributed by atoms with Gasteiger partial charge in [-0.3, -0.25) is 9.87 Å². The third kappa shape index (κ3) is 4.24. The molecule has 0 unspecified atom stereocenters. The van der Waals surface area contributed by atoms with E-state index in [2.05, 4.69) is 4.98 Å². The molecule has 0 bridgehead atoms. The lowest BCUT2D eigenvalue weighted by Crippen LogP contribution is -2.12. The van der Waals surface area contributed by atoms with Crippen LogP contribution in [0.25, 0.3) is 17.1 Å². The molecule has 0 aliphatic carbocycles. The molecule has 0 saturated carbocycles. The zero-order valence-corrected chi connectivity index (χ0v) is 16.4. The Morgan fingerprint density at radius 2 is 1.67 bits per heavy atom. The monoisotopic (exact) mass is 400 g/mol. The maximum atomic E-state index is 12.8. The van der Waals surface area contributed by atoms with Crippen LogP contribution in [0.1, 0.15) is 16.1 Å².